The number of nitrogens with zero attached hydrogens (tertiary/aromatic N) is 4. The summed E-state index contributed by atoms with van der Waals surface area (Å²) in [7, 11) is 0. The standard InChI is InChI=1S/C17H20FN5O/c1-11(24)16-17(19-15-10-22-8-6-12(15)7-9-22)23(21-20-16)14-4-2-13(18)3-5-14/h2-5,12,15,19H,6-10H2,1H3. The Labute approximate surface area is 139 Å². The van der Waals surface area contributed by atoms with Gasteiger partial charge in [0.25, 0.3) is 0 Å². The van der Waals surface area contributed by atoms with E-state index in [0.29, 0.717) is 23.1 Å². The topological polar surface area (TPSA) is 63.1 Å². The maximum absolute atomic E-state index is 13.2. The van der Waals surface area contributed by atoms with Crippen molar-refractivity contribution in [2.75, 3.05) is 25.0 Å². The van der Waals surface area contributed by atoms with Gasteiger partial charge in [-0.25, -0.2) is 4.39 Å². The van der Waals surface area contributed by atoms with Crippen LogP contribution in [0.4, 0.5) is 10.2 Å². The van der Waals surface area contributed by atoms with E-state index in [1.807, 2.05) is 0 Å². The van der Waals surface area contributed by atoms with Gasteiger partial charge in [-0.1, -0.05) is 5.21 Å². The molecule has 0 amide bonds. The van der Waals surface area contributed by atoms with Crippen LogP contribution in [0.5, 0.6) is 0 Å². The van der Waals surface area contributed by atoms with Crippen molar-refractivity contribution in [1.29, 1.82) is 0 Å². The average Bonchev–Trinajstić information content (AvgIpc) is 3.00. The highest BCUT2D eigenvalue weighted by Crippen LogP contribution is 2.31. The van der Waals surface area contributed by atoms with Crippen molar-refractivity contribution in [1.82, 2.24) is 19.9 Å². The molecule has 3 fully saturated rings. The lowest BCUT2D eigenvalue weighted by molar-refractivity contribution is 0.0968. The van der Waals surface area contributed by atoms with Crippen molar-refractivity contribution in [3.8, 4) is 5.69 Å². The van der Waals surface area contributed by atoms with E-state index in [0.717, 1.165) is 19.6 Å². The first-order valence-corrected chi connectivity index (χ1v) is 8.33. The largest absolute Gasteiger partial charge is 0.364 e. The van der Waals surface area contributed by atoms with Crippen molar-refractivity contribution in [2.45, 2.75) is 25.8 Å². The molecule has 1 aromatic carbocycles. The lowest BCUT2D eigenvalue weighted by Gasteiger charge is -2.45. The molecule has 7 heteroatoms. The molecule has 1 unspecified atom stereocenters. The molecule has 3 aliphatic rings. The van der Waals surface area contributed by atoms with Crippen LogP contribution in [0.3, 0.4) is 0 Å². The summed E-state index contributed by atoms with van der Waals surface area (Å²) in [5.41, 5.74) is 1.01. The van der Waals surface area contributed by atoms with Crippen molar-refractivity contribution in [2.24, 2.45) is 5.92 Å². The number of Topliss-reactive ketones (excluding diaryl/α,β-unsaturated/α-hetero) is 1. The van der Waals surface area contributed by atoms with Crippen LogP contribution in [0, 0.1) is 11.7 Å². The third-order valence-corrected chi connectivity index (χ3v) is 5.05. The normalized spacial score (nSPS) is 25.7. The van der Waals surface area contributed by atoms with Crippen molar-refractivity contribution >= 4 is 11.6 Å². The maximum Gasteiger partial charge on any atom is 0.183 e. The number of hydrogen-bond acceptors (Lipinski definition) is 5. The molecule has 5 rings (SSSR count). The zero-order valence-electron chi connectivity index (χ0n) is 13.6. The lowest BCUT2D eigenvalue weighted by atomic mass is 9.84. The summed E-state index contributed by atoms with van der Waals surface area (Å²) in [6.45, 7) is 4.76. The lowest BCUT2D eigenvalue weighted by Crippen LogP contribution is -2.53. The summed E-state index contributed by atoms with van der Waals surface area (Å²) >= 11 is 0. The van der Waals surface area contributed by atoms with Gasteiger partial charge in [0.2, 0.25) is 0 Å². The van der Waals surface area contributed by atoms with E-state index in [9.17, 15) is 9.18 Å². The second-order valence-corrected chi connectivity index (χ2v) is 6.62. The van der Waals surface area contributed by atoms with Crippen LogP contribution in [-0.4, -0.2) is 51.4 Å². The smallest absolute Gasteiger partial charge is 0.183 e. The predicted octanol–water partition coefficient (Wildman–Crippen LogP) is 2.12. The van der Waals surface area contributed by atoms with Crippen molar-refractivity contribution in [3.63, 3.8) is 0 Å². The summed E-state index contributed by atoms with van der Waals surface area (Å²) in [5, 5.41) is 11.7. The fraction of sp³-hybridized carbons (Fsp3) is 0.471. The van der Waals surface area contributed by atoms with Gasteiger partial charge in [-0.15, -0.1) is 5.10 Å². The molecule has 1 N–H and O–H groups in total. The number of benzene rings is 1. The van der Waals surface area contributed by atoms with Gasteiger partial charge >= 0.3 is 0 Å². The van der Waals surface area contributed by atoms with E-state index in [1.165, 1.54) is 31.9 Å². The van der Waals surface area contributed by atoms with Crippen LogP contribution < -0.4 is 5.32 Å². The molecule has 126 valence electrons. The molecule has 3 aliphatic heterocycles. The Bertz CT molecular complexity index is 749. The molecule has 24 heavy (non-hydrogen) atoms. The van der Waals surface area contributed by atoms with Crippen LogP contribution >= 0.6 is 0 Å². The second kappa shape index (κ2) is 5.98. The average molecular weight is 329 g/mol. The predicted molar refractivity (Wildman–Crippen MR) is 87.9 cm³/mol. The number of fused-ring (bicyclic) bond motifs is 3. The van der Waals surface area contributed by atoms with Gasteiger partial charge in [0.15, 0.2) is 17.3 Å². The summed E-state index contributed by atoms with van der Waals surface area (Å²) in [5.74, 6) is 0.768. The fourth-order valence-corrected chi connectivity index (χ4v) is 3.72. The first-order valence-electron chi connectivity index (χ1n) is 8.33. The number of rotatable bonds is 4. The Kier molecular flexibility index (Phi) is 3.80. The number of hydrogen-bond donors (Lipinski definition) is 1. The van der Waals surface area contributed by atoms with Crippen LogP contribution in [0.2, 0.25) is 0 Å². The number of carbonyl (C=O) groups is 1. The molecule has 1 atom stereocenters. The van der Waals surface area contributed by atoms with Gasteiger partial charge < -0.3 is 10.2 Å². The molecule has 0 saturated carbocycles. The van der Waals surface area contributed by atoms with E-state index in [2.05, 4.69) is 20.5 Å². The molecule has 4 heterocycles. The third-order valence-electron chi connectivity index (χ3n) is 5.05. The second-order valence-electron chi connectivity index (χ2n) is 6.62. The number of halogens is 1. The van der Waals surface area contributed by atoms with Gasteiger partial charge in [0, 0.05) is 19.5 Å². The monoisotopic (exact) mass is 329 g/mol. The molecular formula is C17H20FN5O. The summed E-state index contributed by atoms with van der Waals surface area (Å²) in [6.07, 6.45) is 2.34. The zero-order valence-corrected chi connectivity index (χ0v) is 13.6. The van der Waals surface area contributed by atoms with E-state index in [-0.39, 0.29) is 17.6 Å². The summed E-state index contributed by atoms with van der Waals surface area (Å²) in [6, 6.07) is 6.30. The Balaban J connectivity index is 1.68. The quantitative estimate of drug-likeness (QED) is 0.871. The SMILES string of the molecule is CC(=O)c1nnn(-c2ccc(F)cc2)c1NC1CN2CCC1CC2. The van der Waals surface area contributed by atoms with Gasteiger partial charge in [-0.2, -0.15) is 4.68 Å². The highest BCUT2D eigenvalue weighted by molar-refractivity contribution is 5.97. The third kappa shape index (κ3) is 2.69. The Morgan fingerprint density at radius 3 is 2.54 bits per heavy atom. The molecule has 2 aromatic rings. The number of ketones is 1. The van der Waals surface area contributed by atoms with Crippen LogP contribution in [0.25, 0.3) is 5.69 Å². The minimum atomic E-state index is -0.308. The van der Waals surface area contributed by atoms with Crippen LogP contribution in [0.1, 0.15) is 30.3 Å². The number of carbonyl (C=O) groups excluding carboxylic acids is 1. The number of nitrogens with one attached hydrogen (secondary N) is 1. The van der Waals surface area contributed by atoms with Crippen molar-refractivity contribution < 1.29 is 9.18 Å². The van der Waals surface area contributed by atoms with E-state index >= 15 is 0 Å². The van der Waals surface area contributed by atoms with Gasteiger partial charge in [0.05, 0.1) is 5.69 Å². The van der Waals surface area contributed by atoms with Crippen molar-refractivity contribution in [3.05, 3.63) is 35.8 Å². The Morgan fingerprint density at radius 1 is 1.25 bits per heavy atom. The molecule has 0 aliphatic carbocycles. The molecule has 2 bridgehead atoms. The maximum atomic E-state index is 13.2. The first-order chi connectivity index (χ1) is 11.6. The minimum Gasteiger partial charge on any atom is -0.364 e. The molecule has 1 aromatic heterocycles. The molecule has 3 saturated heterocycles. The minimum absolute atomic E-state index is 0.132. The molecular weight excluding hydrogens is 309 g/mol. The van der Waals surface area contributed by atoms with E-state index in [1.54, 1.807) is 16.8 Å². The molecule has 0 spiro atoms. The van der Waals surface area contributed by atoms with Gasteiger partial charge in [-0.3, -0.25) is 4.79 Å². The highest BCUT2D eigenvalue weighted by atomic mass is 19.1. The Hall–Kier alpha value is -2.28. The zero-order chi connectivity index (χ0) is 16.7. The number of piperidine rings is 3. The summed E-state index contributed by atoms with van der Waals surface area (Å²) < 4.78 is 14.8. The first kappa shape index (κ1) is 15.3. The number of aromatic nitrogens is 3. The van der Waals surface area contributed by atoms with Crippen LogP contribution in [0.15, 0.2) is 24.3 Å². The van der Waals surface area contributed by atoms with Gasteiger partial charge in [-0.05, 0) is 56.1 Å². The van der Waals surface area contributed by atoms with E-state index < -0.39 is 0 Å². The van der Waals surface area contributed by atoms with Gasteiger partial charge in [0.1, 0.15) is 5.82 Å². The number of anilines is 1. The Morgan fingerprint density at radius 2 is 1.96 bits per heavy atom. The summed E-state index contributed by atoms with van der Waals surface area (Å²) in [4.78, 5) is 14.4. The van der Waals surface area contributed by atoms with E-state index in [4.69, 9.17) is 0 Å². The molecule has 0 radical (unpaired) electrons. The van der Waals surface area contributed by atoms with Crippen LogP contribution in [-0.2, 0) is 0 Å². The highest BCUT2D eigenvalue weighted by Gasteiger charge is 2.35. The fourth-order valence-electron chi connectivity index (χ4n) is 3.72. The molecule has 6 nitrogen and oxygen atoms in total.